The van der Waals surface area contributed by atoms with E-state index >= 15 is 0 Å². The van der Waals surface area contributed by atoms with Gasteiger partial charge in [0.2, 0.25) is 0 Å². The molecule has 0 radical (unpaired) electrons. The quantitative estimate of drug-likeness (QED) is 0.804. The van der Waals surface area contributed by atoms with Gasteiger partial charge in [-0.05, 0) is 56.0 Å². The first-order valence-corrected chi connectivity index (χ1v) is 6.25. The highest BCUT2D eigenvalue weighted by molar-refractivity contribution is 5.32. The van der Waals surface area contributed by atoms with Crippen molar-refractivity contribution >= 4 is 0 Å². The van der Waals surface area contributed by atoms with Gasteiger partial charge in [0, 0.05) is 0 Å². The smallest absolute Gasteiger partial charge is 0.0991 e. The molecule has 0 aliphatic carbocycles. The van der Waals surface area contributed by atoms with Crippen LogP contribution in [0.15, 0.2) is 36.4 Å². The highest BCUT2D eigenvalue weighted by Crippen LogP contribution is 2.13. The van der Waals surface area contributed by atoms with Crippen molar-refractivity contribution in [3.05, 3.63) is 47.5 Å². The van der Waals surface area contributed by atoms with Gasteiger partial charge in [-0.1, -0.05) is 24.3 Å². The molecular weight excluding hydrogens is 208 g/mol. The molecule has 1 aromatic carbocycles. The molecule has 1 aliphatic rings. The molecule has 0 amide bonds. The molecule has 0 unspecified atom stereocenters. The van der Waals surface area contributed by atoms with Crippen LogP contribution >= 0.6 is 0 Å². The van der Waals surface area contributed by atoms with E-state index in [4.69, 9.17) is 5.26 Å². The number of piperidine rings is 1. The van der Waals surface area contributed by atoms with Crippen molar-refractivity contribution in [2.45, 2.75) is 19.3 Å². The van der Waals surface area contributed by atoms with Gasteiger partial charge >= 0.3 is 0 Å². The molecule has 2 nitrogen and oxygen atoms in total. The average molecular weight is 226 g/mol. The first-order chi connectivity index (χ1) is 8.38. The molecule has 1 fully saturated rings. The van der Waals surface area contributed by atoms with Gasteiger partial charge in [-0.25, -0.2) is 0 Å². The number of nitrogens with zero attached hydrogens (tertiary/aromatic N) is 1. The van der Waals surface area contributed by atoms with Crippen LogP contribution in [-0.4, -0.2) is 13.1 Å². The predicted molar refractivity (Wildman–Crippen MR) is 69.6 cm³/mol. The Morgan fingerprint density at radius 3 is 2.59 bits per heavy atom. The molecule has 1 heterocycles. The SMILES string of the molecule is N#Cc1ccc(CC=CC2CCNCC2)cc1. The molecule has 1 N–H and O–H groups in total. The summed E-state index contributed by atoms with van der Waals surface area (Å²) in [6.07, 6.45) is 8.08. The third-order valence-electron chi connectivity index (χ3n) is 3.23. The van der Waals surface area contributed by atoms with E-state index in [0.717, 1.165) is 31.0 Å². The van der Waals surface area contributed by atoms with E-state index in [0.29, 0.717) is 0 Å². The minimum atomic E-state index is 0.732. The maximum Gasteiger partial charge on any atom is 0.0991 e. The average Bonchev–Trinajstić information content (AvgIpc) is 2.41. The minimum Gasteiger partial charge on any atom is -0.317 e. The fourth-order valence-corrected chi connectivity index (χ4v) is 2.15. The van der Waals surface area contributed by atoms with Gasteiger partial charge in [-0.15, -0.1) is 0 Å². The molecule has 2 heteroatoms. The molecule has 1 aliphatic heterocycles. The standard InChI is InChI=1S/C15H18N2/c16-12-15-6-4-13(5-7-15)2-1-3-14-8-10-17-11-9-14/h1,3-7,14,17H,2,8-11H2. The predicted octanol–water partition coefficient (Wildman–Crippen LogP) is 2.66. The second-order valence-corrected chi connectivity index (χ2v) is 4.53. The van der Waals surface area contributed by atoms with E-state index in [9.17, 15) is 0 Å². The molecule has 2 rings (SSSR count). The van der Waals surface area contributed by atoms with Crippen LogP contribution in [0.25, 0.3) is 0 Å². The van der Waals surface area contributed by atoms with Crippen LogP contribution < -0.4 is 5.32 Å². The van der Waals surface area contributed by atoms with Gasteiger partial charge in [0.05, 0.1) is 11.6 Å². The zero-order valence-electron chi connectivity index (χ0n) is 10.0. The zero-order valence-corrected chi connectivity index (χ0v) is 10.0. The number of allylic oxidation sites excluding steroid dienone is 2. The number of hydrogen-bond acceptors (Lipinski definition) is 2. The molecule has 1 saturated heterocycles. The first-order valence-electron chi connectivity index (χ1n) is 6.25. The van der Waals surface area contributed by atoms with Gasteiger partial charge in [0.1, 0.15) is 0 Å². The molecule has 0 saturated carbocycles. The van der Waals surface area contributed by atoms with E-state index < -0.39 is 0 Å². The summed E-state index contributed by atoms with van der Waals surface area (Å²) in [6.45, 7) is 2.29. The van der Waals surface area contributed by atoms with Crippen molar-refractivity contribution in [1.82, 2.24) is 5.32 Å². The summed E-state index contributed by atoms with van der Waals surface area (Å²) in [5.41, 5.74) is 2.00. The van der Waals surface area contributed by atoms with Crippen molar-refractivity contribution < 1.29 is 0 Å². The lowest BCUT2D eigenvalue weighted by molar-refractivity contribution is 0.436. The summed E-state index contributed by atoms with van der Waals surface area (Å²) >= 11 is 0. The second kappa shape index (κ2) is 6.22. The fraction of sp³-hybridized carbons (Fsp3) is 0.400. The van der Waals surface area contributed by atoms with Gasteiger partial charge < -0.3 is 5.32 Å². The number of rotatable bonds is 3. The Kier molecular flexibility index (Phi) is 4.35. The van der Waals surface area contributed by atoms with Crippen LogP contribution in [0.4, 0.5) is 0 Å². The van der Waals surface area contributed by atoms with Gasteiger partial charge in [-0.3, -0.25) is 0 Å². The third-order valence-corrected chi connectivity index (χ3v) is 3.23. The van der Waals surface area contributed by atoms with Crippen LogP contribution in [0.2, 0.25) is 0 Å². The monoisotopic (exact) mass is 226 g/mol. The highest BCUT2D eigenvalue weighted by Gasteiger charge is 2.08. The Hall–Kier alpha value is -1.59. The highest BCUT2D eigenvalue weighted by atomic mass is 14.9. The topological polar surface area (TPSA) is 35.8 Å². The van der Waals surface area contributed by atoms with Crippen molar-refractivity contribution in [2.24, 2.45) is 5.92 Å². The van der Waals surface area contributed by atoms with Gasteiger partial charge in [0.25, 0.3) is 0 Å². The molecule has 0 aromatic heterocycles. The molecule has 0 bridgehead atoms. The Labute approximate surface area is 103 Å². The zero-order chi connectivity index (χ0) is 11.9. The van der Waals surface area contributed by atoms with E-state index in [2.05, 4.69) is 23.5 Å². The summed E-state index contributed by atoms with van der Waals surface area (Å²) in [5.74, 6) is 0.745. The molecule has 1 aromatic rings. The Morgan fingerprint density at radius 2 is 1.94 bits per heavy atom. The molecule has 0 atom stereocenters. The Bertz CT molecular complexity index is 406. The lowest BCUT2D eigenvalue weighted by Gasteiger charge is -2.19. The number of benzene rings is 1. The van der Waals surface area contributed by atoms with Crippen LogP contribution in [0.5, 0.6) is 0 Å². The van der Waals surface area contributed by atoms with Crippen molar-refractivity contribution in [1.29, 1.82) is 5.26 Å². The van der Waals surface area contributed by atoms with Crippen LogP contribution in [0.3, 0.4) is 0 Å². The van der Waals surface area contributed by atoms with Crippen LogP contribution in [-0.2, 0) is 6.42 Å². The summed E-state index contributed by atoms with van der Waals surface area (Å²) in [6, 6.07) is 9.97. The second-order valence-electron chi connectivity index (χ2n) is 4.53. The third kappa shape index (κ3) is 3.72. The Morgan fingerprint density at radius 1 is 1.24 bits per heavy atom. The largest absolute Gasteiger partial charge is 0.317 e. The van der Waals surface area contributed by atoms with Crippen molar-refractivity contribution in [3.8, 4) is 6.07 Å². The van der Waals surface area contributed by atoms with Crippen LogP contribution in [0.1, 0.15) is 24.0 Å². The summed E-state index contributed by atoms with van der Waals surface area (Å²) in [5, 5.41) is 12.1. The maximum absolute atomic E-state index is 8.70. The fourth-order valence-electron chi connectivity index (χ4n) is 2.15. The molecule has 17 heavy (non-hydrogen) atoms. The molecule has 0 spiro atoms. The first kappa shape index (κ1) is 11.9. The molecular formula is C15H18N2. The maximum atomic E-state index is 8.70. The number of nitrogens with one attached hydrogen (secondary N) is 1. The Balaban J connectivity index is 1.84. The number of hydrogen-bond donors (Lipinski definition) is 1. The summed E-state index contributed by atoms with van der Waals surface area (Å²) < 4.78 is 0. The molecule has 88 valence electrons. The van der Waals surface area contributed by atoms with E-state index in [-0.39, 0.29) is 0 Å². The van der Waals surface area contributed by atoms with E-state index in [1.54, 1.807) is 0 Å². The van der Waals surface area contributed by atoms with Gasteiger partial charge in [-0.2, -0.15) is 5.26 Å². The van der Waals surface area contributed by atoms with Gasteiger partial charge in [0.15, 0.2) is 0 Å². The summed E-state index contributed by atoms with van der Waals surface area (Å²) in [7, 11) is 0. The lowest BCUT2D eigenvalue weighted by atomic mass is 9.97. The van der Waals surface area contributed by atoms with Crippen molar-refractivity contribution in [2.75, 3.05) is 13.1 Å². The lowest BCUT2D eigenvalue weighted by Crippen LogP contribution is -2.26. The van der Waals surface area contributed by atoms with E-state index in [1.165, 1.54) is 18.4 Å². The summed E-state index contributed by atoms with van der Waals surface area (Å²) in [4.78, 5) is 0. The minimum absolute atomic E-state index is 0.732. The van der Waals surface area contributed by atoms with E-state index in [1.807, 2.05) is 24.3 Å². The van der Waals surface area contributed by atoms with Crippen LogP contribution in [0, 0.1) is 17.2 Å². The van der Waals surface area contributed by atoms with Crippen molar-refractivity contribution in [3.63, 3.8) is 0 Å². The normalized spacial score (nSPS) is 17.1. The number of nitriles is 1.